The Balaban J connectivity index is 1.63. The standard InChI is InChI=1S/C25H21ClN2O2/c1-15-10-11-21(20(26)14-15)27-24(29)22-18-8-4-5-9-19(18)25(30)28-13-12-16-6-2-3-7-17(16)23(22)28/h2-11,14,22-23H,12-13H2,1H3,(H,27,29)/t22-,23-/m0/s1. The van der Waals surface area contributed by atoms with Gasteiger partial charge in [-0.1, -0.05) is 60.1 Å². The molecule has 0 unspecified atom stereocenters. The van der Waals surface area contributed by atoms with Crippen molar-refractivity contribution in [3.63, 3.8) is 0 Å². The van der Waals surface area contributed by atoms with E-state index < -0.39 is 5.92 Å². The van der Waals surface area contributed by atoms with Crippen LogP contribution in [0.4, 0.5) is 5.69 Å². The van der Waals surface area contributed by atoms with Gasteiger partial charge in [-0.05, 0) is 53.8 Å². The molecule has 2 aliphatic heterocycles. The van der Waals surface area contributed by atoms with E-state index in [1.807, 2.05) is 72.5 Å². The van der Waals surface area contributed by atoms with E-state index in [1.54, 1.807) is 0 Å². The second-order valence-electron chi connectivity index (χ2n) is 7.93. The van der Waals surface area contributed by atoms with Gasteiger partial charge in [0.25, 0.3) is 5.91 Å². The zero-order chi connectivity index (χ0) is 20.8. The van der Waals surface area contributed by atoms with Crippen LogP contribution in [0.1, 0.15) is 44.6 Å². The number of fused-ring (bicyclic) bond motifs is 4. The third-order valence-electron chi connectivity index (χ3n) is 6.10. The average molecular weight is 417 g/mol. The number of nitrogens with one attached hydrogen (secondary N) is 1. The van der Waals surface area contributed by atoms with Gasteiger partial charge in [0.1, 0.15) is 0 Å². The maximum Gasteiger partial charge on any atom is 0.254 e. The molecule has 0 saturated carbocycles. The SMILES string of the molecule is Cc1ccc(NC(=O)[C@H]2c3ccccc3C(=O)N3CCc4ccccc4[C@@H]23)c(Cl)c1. The summed E-state index contributed by atoms with van der Waals surface area (Å²) in [6, 6.07) is 20.8. The zero-order valence-corrected chi connectivity index (χ0v) is 17.3. The molecule has 5 heteroatoms. The molecule has 2 amide bonds. The highest BCUT2D eigenvalue weighted by Crippen LogP contribution is 2.46. The fraction of sp³-hybridized carbons (Fsp3) is 0.200. The Morgan fingerprint density at radius 2 is 1.77 bits per heavy atom. The van der Waals surface area contributed by atoms with Gasteiger partial charge in [-0.15, -0.1) is 0 Å². The Kier molecular flexibility index (Phi) is 4.59. The largest absolute Gasteiger partial charge is 0.330 e. The normalized spacial score (nSPS) is 19.5. The van der Waals surface area contributed by atoms with Crippen molar-refractivity contribution in [2.24, 2.45) is 0 Å². The molecule has 0 saturated heterocycles. The van der Waals surface area contributed by atoms with Gasteiger partial charge in [0.15, 0.2) is 0 Å². The van der Waals surface area contributed by atoms with Gasteiger partial charge >= 0.3 is 0 Å². The molecule has 2 aliphatic rings. The number of anilines is 1. The highest BCUT2D eigenvalue weighted by atomic mass is 35.5. The van der Waals surface area contributed by atoms with Gasteiger partial charge in [0.2, 0.25) is 5.91 Å². The summed E-state index contributed by atoms with van der Waals surface area (Å²) in [5.41, 5.74) is 5.21. The van der Waals surface area contributed by atoms with Crippen molar-refractivity contribution in [3.05, 3.63) is 99.6 Å². The zero-order valence-electron chi connectivity index (χ0n) is 16.6. The van der Waals surface area contributed by atoms with Crippen LogP contribution in [0.15, 0.2) is 66.7 Å². The fourth-order valence-corrected chi connectivity index (χ4v) is 4.97. The Bertz CT molecular complexity index is 1170. The minimum atomic E-state index is -0.516. The van der Waals surface area contributed by atoms with E-state index in [-0.39, 0.29) is 17.9 Å². The number of carbonyl (C=O) groups is 2. The first-order valence-electron chi connectivity index (χ1n) is 10.1. The molecule has 3 aromatic carbocycles. The fourth-order valence-electron chi connectivity index (χ4n) is 4.69. The molecule has 0 aliphatic carbocycles. The van der Waals surface area contributed by atoms with Gasteiger partial charge in [0, 0.05) is 12.1 Å². The van der Waals surface area contributed by atoms with E-state index in [0.717, 1.165) is 23.1 Å². The molecule has 3 aromatic rings. The third kappa shape index (κ3) is 2.99. The van der Waals surface area contributed by atoms with Crippen LogP contribution >= 0.6 is 11.6 Å². The second kappa shape index (κ2) is 7.29. The number of aryl methyl sites for hydroxylation is 1. The molecule has 0 aromatic heterocycles. The number of rotatable bonds is 2. The predicted octanol–water partition coefficient (Wildman–Crippen LogP) is 5.12. The maximum atomic E-state index is 13.6. The lowest BCUT2D eigenvalue weighted by Crippen LogP contribution is -2.49. The molecule has 0 fully saturated rings. The Morgan fingerprint density at radius 3 is 2.57 bits per heavy atom. The first-order chi connectivity index (χ1) is 14.5. The number of halogens is 1. The van der Waals surface area contributed by atoms with Crippen molar-refractivity contribution >= 4 is 29.1 Å². The van der Waals surface area contributed by atoms with E-state index in [2.05, 4.69) is 11.4 Å². The van der Waals surface area contributed by atoms with Crippen molar-refractivity contribution in [1.82, 2.24) is 4.90 Å². The van der Waals surface area contributed by atoms with Crippen LogP contribution in [0.5, 0.6) is 0 Å². The molecule has 2 atom stereocenters. The summed E-state index contributed by atoms with van der Waals surface area (Å²) in [5, 5.41) is 3.52. The van der Waals surface area contributed by atoms with E-state index >= 15 is 0 Å². The monoisotopic (exact) mass is 416 g/mol. The van der Waals surface area contributed by atoms with Crippen molar-refractivity contribution in [1.29, 1.82) is 0 Å². The van der Waals surface area contributed by atoms with Crippen molar-refractivity contribution in [2.45, 2.75) is 25.3 Å². The highest BCUT2D eigenvalue weighted by Gasteiger charge is 2.46. The summed E-state index contributed by atoms with van der Waals surface area (Å²) in [5.74, 6) is -0.687. The van der Waals surface area contributed by atoms with Gasteiger partial charge in [0.05, 0.1) is 22.7 Å². The molecule has 4 nitrogen and oxygen atoms in total. The second-order valence-corrected chi connectivity index (χ2v) is 8.34. The van der Waals surface area contributed by atoms with Crippen LogP contribution in [0, 0.1) is 6.92 Å². The van der Waals surface area contributed by atoms with E-state index in [1.165, 1.54) is 5.56 Å². The average Bonchev–Trinajstić information content (AvgIpc) is 2.76. The first kappa shape index (κ1) is 18.9. The molecule has 30 heavy (non-hydrogen) atoms. The van der Waals surface area contributed by atoms with Gasteiger partial charge in [-0.3, -0.25) is 9.59 Å². The smallest absolute Gasteiger partial charge is 0.254 e. The summed E-state index contributed by atoms with van der Waals surface area (Å²) in [7, 11) is 0. The van der Waals surface area contributed by atoms with Crippen LogP contribution in [-0.2, 0) is 11.2 Å². The van der Waals surface area contributed by atoms with Crippen molar-refractivity contribution in [2.75, 3.05) is 11.9 Å². The van der Waals surface area contributed by atoms with Crippen LogP contribution in [-0.4, -0.2) is 23.3 Å². The maximum absolute atomic E-state index is 13.6. The molecule has 1 N–H and O–H groups in total. The summed E-state index contributed by atoms with van der Waals surface area (Å²) in [6.45, 7) is 2.56. The van der Waals surface area contributed by atoms with E-state index in [9.17, 15) is 9.59 Å². The lowest BCUT2D eigenvalue weighted by atomic mass is 9.76. The Hall–Kier alpha value is -3.11. The van der Waals surface area contributed by atoms with Crippen LogP contribution in [0.2, 0.25) is 5.02 Å². The number of carbonyl (C=O) groups excluding carboxylic acids is 2. The summed E-state index contributed by atoms with van der Waals surface area (Å²) in [6.07, 6.45) is 0.790. The third-order valence-corrected chi connectivity index (χ3v) is 6.41. The van der Waals surface area contributed by atoms with Crippen LogP contribution < -0.4 is 5.32 Å². The van der Waals surface area contributed by atoms with Crippen LogP contribution in [0.3, 0.4) is 0 Å². The summed E-state index contributed by atoms with van der Waals surface area (Å²) < 4.78 is 0. The van der Waals surface area contributed by atoms with E-state index in [0.29, 0.717) is 22.8 Å². The molecule has 0 radical (unpaired) electrons. The van der Waals surface area contributed by atoms with Crippen LogP contribution in [0.25, 0.3) is 0 Å². The summed E-state index contributed by atoms with van der Waals surface area (Å²) in [4.78, 5) is 28.7. The first-order valence-corrected chi connectivity index (χ1v) is 10.5. The number of nitrogens with zero attached hydrogens (tertiary/aromatic N) is 1. The topological polar surface area (TPSA) is 49.4 Å². The molecule has 0 bridgehead atoms. The number of hydrogen-bond donors (Lipinski definition) is 1. The molecule has 2 heterocycles. The van der Waals surface area contributed by atoms with Gasteiger partial charge < -0.3 is 10.2 Å². The predicted molar refractivity (Wildman–Crippen MR) is 118 cm³/mol. The lowest BCUT2D eigenvalue weighted by Gasteiger charge is -2.45. The van der Waals surface area contributed by atoms with Crippen molar-refractivity contribution in [3.8, 4) is 0 Å². The molecule has 0 spiro atoms. The minimum Gasteiger partial charge on any atom is -0.330 e. The number of hydrogen-bond acceptors (Lipinski definition) is 2. The van der Waals surface area contributed by atoms with Crippen molar-refractivity contribution < 1.29 is 9.59 Å². The molecular weight excluding hydrogens is 396 g/mol. The quantitative estimate of drug-likeness (QED) is 0.630. The number of benzene rings is 3. The van der Waals surface area contributed by atoms with E-state index in [4.69, 9.17) is 11.6 Å². The van der Waals surface area contributed by atoms with Gasteiger partial charge in [-0.2, -0.15) is 0 Å². The molecule has 5 rings (SSSR count). The van der Waals surface area contributed by atoms with Gasteiger partial charge in [-0.25, -0.2) is 0 Å². The Morgan fingerprint density at radius 1 is 1.03 bits per heavy atom. The molecule has 150 valence electrons. The lowest BCUT2D eigenvalue weighted by molar-refractivity contribution is -0.119. The number of amides is 2. The summed E-state index contributed by atoms with van der Waals surface area (Å²) >= 11 is 6.38. The minimum absolute atomic E-state index is 0.0116. The highest BCUT2D eigenvalue weighted by molar-refractivity contribution is 6.33. The Labute approximate surface area is 180 Å². The molecular formula is C25H21ClN2O2.